The van der Waals surface area contributed by atoms with Crippen LogP contribution < -0.4 is 10.2 Å². The van der Waals surface area contributed by atoms with Crippen LogP contribution in [-0.2, 0) is 19.0 Å². The molecule has 4 atom stereocenters. The van der Waals surface area contributed by atoms with Gasteiger partial charge < -0.3 is 24.4 Å². The molecule has 8 heteroatoms. The van der Waals surface area contributed by atoms with Crippen molar-refractivity contribution in [1.29, 1.82) is 0 Å². The molecule has 2 bridgehead atoms. The molecule has 8 nitrogen and oxygen atoms in total. The Labute approximate surface area is 193 Å². The number of carbonyl (C=O) groups is 2. The van der Waals surface area contributed by atoms with Crippen LogP contribution in [0, 0.1) is 5.92 Å². The summed E-state index contributed by atoms with van der Waals surface area (Å²) in [6.45, 7) is 4.63. The van der Waals surface area contributed by atoms with Crippen LogP contribution in [0.15, 0.2) is 42.7 Å². The smallest absolute Gasteiger partial charge is 0.340 e. The molecule has 1 N–H and O–H groups in total. The Kier molecular flexibility index (Phi) is 6.28. The third-order valence-electron chi connectivity index (χ3n) is 6.78. The fourth-order valence-corrected chi connectivity index (χ4v) is 5.30. The van der Waals surface area contributed by atoms with E-state index in [0.29, 0.717) is 44.2 Å². The maximum atomic E-state index is 13.5. The van der Waals surface area contributed by atoms with E-state index < -0.39 is 0 Å². The van der Waals surface area contributed by atoms with Gasteiger partial charge in [-0.2, -0.15) is 0 Å². The van der Waals surface area contributed by atoms with Crippen LogP contribution in [0.4, 0.5) is 11.4 Å². The highest BCUT2D eigenvalue weighted by atomic mass is 16.5. The fourth-order valence-electron chi connectivity index (χ4n) is 5.30. The number of anilines is 2. The third-order valence-corrected chi connectivity index (χ3v) is 6.78. The molecule has 4 heterocycles. The lowest BCUT2D eigenvalue weighted by Crippen LogP contribution is -2.37. The molecule has 3 saturated heterocycles. The van der Waals surface area contributed by atoms with Gasteiger partial charge in [-0.05, 0) is 55.7 Å². The molecule has 0 saturated carbocycles. The zero-order valence-electron chi connectivity index (χ0n) is 18.7. The molecule has 0 unspecified atom stereocenters. The monoisotopic (exact) mass is 451 g/mol. The Morgan fingerprint density at radius 1 is 1.12 bits per heavy atom. The summed E-state index contributed by atoms with van der Waals surface area (Å²) in [6.07, 6.45) is 5.37. The molecule has 33 heavy (non-hydrogen) atoms. The number of rotatable bonds is 6. The average Bonchev–Trinajstić information content (AvgIpc) is 3.47. The van der Waals surface area contributed by atoms with E-state index in [-0.39, 0.29) is 35.9 Å². The summed E-state index contributed by atoms with van der Waals surface area (Å²) in [5.74, 6) is -0.663. The average molecular weight is 452 g/mol. The van der Waals surface area contributed by atoms with E-state index in [2.05, 4.69) is 15.2 Å². The fraction of sp³-hybridized carbons (Fsp3) is 0.480. The second-order valence-corrected chi connectivity index (χ2v) is 8.66. The molecule has 3 fully saturated rings. The van der Waals surface area contributed by atoms with Gasteiger partial charge in [0.05, 0.1) is 49.2 Å². The Balaban J connectivity index is 1.40. The molecule has 0 aliphatic carbocycles. The molecule has 2 aromatic rings. The number of hydrogen-bond acceptors (Lipinski definition) is 7. The molecule has 1 aromatic heterocycles. The lowest BCUT2D eigenvalue weighted by Gasteiger charge is -2.31. The summed E-state index contributed by atoms with van der Waals surface area (Å²) >= 11 is 0. The summed E-state index contributed by atoms with van der Waals surface area (Å²) in [4.78, 5) is 32.2. The summed E-state index contributed by atoms with van der Waals surface area (Å²) in [5, 5.41) is 3.10. The van der Waals surface area contributed by atoms with Crippen molar-refractivity contribution in [3.05, 3.63) is 53.9 Å². The number of amides is 1. The lowest BCUT2D eigenvalue weighted by atomic mass is 9.75. The molecule has 1 amide bonds. The minimum absolute atomic E-state index is 0.0178. The normalized spacial score (nSPS) is 26.3. The molecular weight excluding hydrogens is 422 g/mol. The van der Waals surface area contributed by atoms with Crippen LogP contribution in [-0.4, -0.2) is 62.0 Å². The maximum absolute atomic E-state index is 13.5. The van der Waals surface area contributed by atoms with Crippen molar-refractivity contribution in [3.63, 3.8) is 0 Å². The SMILES string of the molecule is CCOC(=O)c1ccc(NC(=O)[C@H]2[C@H](c3ccncc3)[C@@H]3CC[C@H]2O3)cc1N1CCOCC1. The number of morpholine rings is 1. The van der Waals surface area contributed by atoms with Crippen LogP contribution in [0.3, 0.4) is 0 Å². The van der Waals surface area contributed by atoms with E-state index in [4.69, 9.17) is 14.2 Å². The number of benzene rings is 1. The number of esters is 1. The largest absolute Gasteiger partial charge is 0.462 e. The summed E-state index contributed by atoms with van der Waals surface area (Å²) in [6, 6.07) is 9.31. The number of ether oxygens (including phenoxy) is 3. The minimum atomic E-state index is -0.365. The van der Waals surface area contributed by atoms with Crippen molar-refractivity contribution in [1.82, 2.24) is 4.98 Å². The number of nitrogens with one attached hydrogen (secondary N) is 1. The number of carbonyl (C=O) groups excluding carboxylic acids is 2. The first-order valence-electron chi connectivity index (χ1n) is 11.7. The molecule has 1 aromatic carbocycles. The van der Waals surface area contributed by atoms with E-state index in [1.807, 2.05) is 18.2 Å². The van der Waals surface area contributed by atoms with Gasteiger partial charge in [-0.3, -0.25) is 9.78 Å². The Morgan fingerprint density at radius 2 is 1.88 bits per heavy atom. The van der Waals surface area contributed by atoms with Gasteiger partial charge >= 0.3 is 5.97 Å². The van der Waals surface area contributed by atoms with E-state index in [9.17, 15) is 9.59 Å². The van der Waals surface area contributed by atoms with E-state index in [1.165, 1.54) is 0 Å². The van der Waals surface area contributed by atoms with Crippen LogP contribution in [0.2, 0.25) is 0 Å². The van der Waals surface area contributed by atoms with Crippen molar-refractivity contribution in [2.45, 2.75) is 37.9 Å². The van der Waals surface area contributed by atoms with Gasteiger partial charge in [0.1, 0.15) is 0 Å². The summed E-state index contributed by atoms with van der Waals surface area (Å²) in [7, 11) is 0. The predicted molar refractivity (Wildman–Crippen MR) is 122 cm³/mol. The van der Waals surface area contributed by atoms with Crippen molar-refractivity contribution in [2.24, 2.45) is 5.92 Å². The molecule has 3 aliphatic heterocycles. The molecular formula is C25H29N3O5. The van der Waals surface area contributed by atoms with Gasteiger partial charge in [-0.15, -0.1) is 0 Å². The first-order valence-corrected chi connectivity index (χ1v) is 11.7. The van der Waals surface area contributed by atoms with Crippen molar-refractivity contribution in [2.75, 3.05) is 43.1 Å². The van der Waals surface area contributed by atoms with Crippen LogP contribution in [0.1, 0.15) is 41.6 Å². The number of fused-ring (bicyclic) bond motifs is 2. The Bertz CT molecular complexity index is 1010. The van der Waals surface area contributed by atoms with Gasteiger partial charge in [0.2, 0.25) is 5.91 Å². The van der Waals surface area contributed by atoms with E-state index in [1.54, 1.807) is 31.5 Å². The topological polar surface area (TPSA) is 90.0 Å². The highest BCUT2D eigenvalue weighted by Crippen LogP contribution is 2.49. The van der Waals surface area contributed by atoms with Gasteiger partial charge in [-0.25, -0.2) is 4.79 Å². The van der Waals surface area contributed by atoms with Gasteiger partial charge in [0.25, 0.3) is 0 Å². The molecule has 0 spiro atoms. The van der Waals surface area contributed by atoms with Crippen molar-refractivity contribution in [3.8, 4) is 0 Å². The zero-order valence-corrected chi connectivity index (χ0v) is 18.7. The van der Waals surface area contributed by atoms with E-state index in [0.717, 1.165) is 24.1 Å². The quantitative estimate of drug-likeness (QED) is 0.676. The summed E-state index contributed by atoms with van der Waals surface area (Å²) in [5.41, 5.74) is 2.99. The van der Waals surface area contributed by atoms with Crippen LogP contribution in [0.5, 0.6) is 0 Å². The Hall–Kier alpha value is -2.97. The van der Waals surface area contributed by atoms with Crippen molar-refractivity contribution < 1.29 is 23.8 Å². The van der Waals surface area contributed by atoms with Crippen LogP contribution >= 0.6 is 0 Å². The summed E-state index contributed by atoms with van der Waals surface area (Å²) < 4.78 is 16.9. The first-order chi connectivity index (χ1) is 16.2. The molecule has 0 radical (unpaired) electrons. The maximum Gasteiger partial charge on any atom is 0.340 e. The minimum Gasteiger partial charge on any atom is -0.462 e. The van der Waals surface area contributed by atoms with E-state index >= 15 is 0 Å². The standard InChI is InChI=1S/C25H29N3O5/c1-2-32-25(30)18-4-3-17(15-19(18)28-11-13-31-14-12-28)27-24(29)23-21-6-5-20(33-21)22(23)16-7-9-26-10-8-16/h3-4,7-10,15,20-23H,2,5-6,11-14H2,1H3,(H,27,29)/t20-,21+,22+,23+/m0/s1. The number of hydrogen-bond donors (Lipinski definition) is 1. The van der Waals surface area contributed by atoms with Gasteiger partial charge in [0.15, 0.2) is 0 Å². The third kappa shape index (κ3) is 4.32. The Morgan fingerprint density at radius 3 is 2.64 bits per heavy atom. The highest BCUT2D eigenvalue weighted by Gasteiger charge is 2.52. The lowest BCUT2D eigenvalue weighted by molar-refractivity contribution is -0.121. The van der Waals surface area contributed by atoms with Crippen LogP contribution in [0.25, 0.3) is 0 Å². The van der Waals surface area contributed by atoms with Crippen molar-refractivity contribution >= 4 is 23.3 Å². The highest BCUT2D eigenvalue weighted by molar-refractivity contribution is 5.99. The number of nitrogens with zero attached hydrogens (tertiary/aromatic N) is 2. The number of pyridine rings is 1. The second kappa shape index (κ2) is 9.49. The molecule has 5 rings (SSSR count). The molecule has 174 valence electrons. The predicted octanol–water partition coefficient (Wildman–Crippen LogP) is 2.99. The van der Waals surface area contributed by atoms with Gasteiger partial charge in [0, 0.05) is 37.1 Å². The first kappa shape index (κ1) is 21.9. The second-order valence-electron chi connectivity index (χ2n) is 8.66. The molecule has 3 aliphatic rings. The number of aromatic nitrogens is 1. The van der Waals surface area contributed by atoms with Gasteiger partial charge in [-0.1, -0.05) is 0 Å². The zero-order chi connectivity index (χ0) is 22.8.